The maximum absolute atomic E-state index is 12.5. The molecule has 0 saturated carbocycles. The molecule has 0 spiro atoms. The highest BCUT2D eigenvalue weighted by atomic mass is 32.2. The van der Waals surface area contributed by atoms with Crippen molar-refractivity contribution in [2.75, 3.05) is 11.4 Å². The highest BCUT2D eigenvalue weighted by molar-refractivity contribution is 7.90. The maximum atomic E-state index is 12.5. The van der Waals surface area contributed by atoms with E-state index in [1.807, 2.05) is 12.1 Å². The van der Waals surface area contributed by atoms with E-state index in [0.717, 1.165) is 13.0 Å². The molecule has 0 bridgehead atoms. The minimum Gasteiger partial charge on any atom is -0.336 e. The van der Waals surface area contributed by atoms with E-state index in [0.29, 0.717) is 18.2 Å². The lowest BCUT2D eigenvalue weighted by Crippen LogP contribution is -2.33. The van der Waals surface area contributed by atoms with Gasteiger partial charge in [0.15, 0.2) is 0 Å². The van der Waals surface area contributed by atoms with E-state index in [9.17, 15) is 13.2 Å². The average Bonchev–Trinajstić information content (AvgIpc) is 2.73. The molecule has 1 aliphatic heterocycles. The summed E-state index contributed by atoms with van der Waals surface area (Å²) in [7, 11) is -3.95. The van der Waals surface area contributed by atoms with Crippen LogP contribution in [0.1, 0.15) is 27.2 Å². The van der Waals surface area contributed by atoms with Crippen molar-refractivity contribution >= 4 is 21.9 Å². The Morgan fingerprint density at radius 2 is 1.72 bits per heavy atom. The smallest absolute Gasteiger partial charge is 0.268 e. The summed E-state index contributed by atoms with van der Waals surface area (Å²) in [5, 5.41) is 0. The first-order valence-electron chi connectivity index (χ1n) is 9.21. The number of aromatic nitrogens is 2. The zero-order valence-corrected chi connectivity index (χ0v) is 16.7. The summed E-state index contributed by atoms with van der Waals surface area (Å²) in [5.41, 5.74) is 3.11. The summed E-state index contributed by atoms with van der Waals surface area (Å²) in [6, 6.07) is 16.0. The summed E-state index contributed by atoms with van der Waals surface area (Å²) in [4.78, 5) is 23.4. The van der Waals surface area contributed by atoms with Crippen LogP contribution in [0.15, 0.2) is 65.7 Å². The largest absolute Gasteiger partial charge is 0.336 e. The molecule has 0 aliphatic carbocycles. The maximum Gasteiger partial charge on any atom is 0.268 e. The van der Waals surface area contributed by atoms with Gasteiger partial charge in [-0.1, -0.05) is 42.5 Å². The molecule has 4 rings (SSSR count). The molecule has 0 fully saturated rings. The highest BCUT2D eigenvalue weighted by Crippen LogP contribution is 2.22. The van der Waals surface area contributed by atoms with E-state index in [1.165, 1.54) is 29.5 Å². The van der Waals surface area contributed by atoms with Crippen LogP contribution in [0.3, 0.4) is 0 Å². The van der Waals surface area contributed by atoms with Crippen LogP contribution in [0, 0.1) is 6.92 Å². The number of sulfonamides is 1. The van der Waals surface area contributed by atoms with Gasteiger partial charge in [-0.05, 0) is 36.6 Å². The summed E-state index contributed by atoms with van der Waals surface area (Å²) >= 11 is 0. The van der Waals surface area contributed by atoms with E-state index in [4.69, 9.17) is 0 Å². The normalized spacial score (nSPS) is 13.6. The van der Waals surface area contributed by atoms with Gasteiger partial charge in [0.05, 0.1) is 16.2 Å². The molecule has 2 aromatic carbocycles. The number of nitrogens with zero attached hydrogens (tertiary/aromatic N) is 3. The standard InChI is InChI=1S/C21H20N4O3S/c1-15-19(20(26)24-29(27,28)18-9-3-2-4-10-18)13-22-21(23-15)25-12-11-16-7-5-6-8-17(16)14-25/h2-10,13H,11-12,14H2,1H3,(H,24,26). The van der Waals surface area contributed by atoms with E-state index < -0.39 is 15.9 Å². The zero-order chi connectivity index (χ0) is 20.4. The van der Waals surface area contributed by atoms with Crippen LogP contribution in [0.4, 0.5) is 5.95 Å². The van der Waals surface area contributed by atoms with Crippen molar-refractivity contribution in [3.63, 3.8) is 0 Å². The number of hydrogen-bond acceptors (Lipinski definition) is 6. The van der Waals surface area contributed by atoms with E-state index >= 15 is 0 Å². The fourth-order valence-electron chi connectivity index (χ4n) is 3.33. The van der Waals surface area contributed by atoms with Gasteiger partial charge in [-0.25, -0.2) is 23.1 Å². The van der Waals surface area contributed by atoms with Gasteiger partial charge < -0.3 is 4.90 Å². The number of hydrogen-bond donors (Lipinski definition) is 1. The molecular formula is C21H20N4O3S. The first-order valence-corrected chi connectivity index (χ1v) is 10.7. The van der Waals surface area contributed by atoms with Crippen molar-refractivity contribution in [2.45, 2.75) is 24.8 Å². The van der Waals surface area contributed by atoms with Gasteiger partial charge in [-0.15, -0.1) is 0 Å². The van der Waals surface area contributed by atoms with E-state index in [1.54, 1.807) is 25.1 Å². The lowest BCUT2D eigenvalue weighted by Gasteiger charge is -2.29. The van der Waals surface area contributed by atoms with Crippen LogP contribution >= 0.6 is 0 Å². The molecule has 148 valence electrons. The monoisotopic (exact) mass is 408 g/mol. The first-order chi connectivity index (χ1) is 13.9. The molecule has 7 nitrogen and oxygen atoms in total. The number of aryl methyl sites for hydroxylation is 1. The molecule has 0 radical (unpaired) electrons. The molecule has 8 heteroatoms. The molecule has 1 amide bonds. The SMILES string of the molecule is Cc1nc(N2CCc3ccccc3C2)ncc1C(=O)NS(=O)(=O)c1ccccc1. The molecule has 3 aromatic rings. The zero-order valence-electron chi connectivity index (χ0n) is 15.9. The number of rotatable bonds is 4. The topological polar surface area (TPSA) is 92.3 Å². The predicted octanol–water partition coefficient (Wildman–Crippen LogP) is 2.47. The van der Waals surface area contributed by atoms with E-state index in [-0.39, 0.29) is 10.5 Å². The van der Waals surface area contributed by atoms with Crippen LogP contribution in [-0.2, 0) is 23.0 Å². The Bertz CT molecular complexity index is 1160. The molecule has 29 heavy (non-hydrogen) atoms. The molecule has 0 atom stereocenters. The molecule has 1 aliphatic rings. The van der Waals surface area contributed by atoms with Crippen molar-refractivity contribution in [2.24, 2.45) is 0 Å². The van der Waals surface area contributed by atoms with Gasteiger partial charge in [0.2, 0.25) is 5.95 Å². The van der Waals surface area contributed by atoms with Gasteiger partial charge in [0.1, 0.15) is 0 Å². The first kappa shape index (κ1) is 19.1. The van der Waals surface area contributed by atoms with Crippen LogP contribution in [0.2, 0.25) is 0 Å². The van der Waals surface area contributed by atoms with E-state index in [2.05, 4.69) is 31.7 Å². The molecule has 1 aromatic heterocycles. The predicted molar refractivity (Wildman–Crippen MR) is 109 cm³/mol. The quantitative estimate of drug-likeness (QED) is 0.713. The van der Waals surface area contributed by atoms with Gasteiger partial charge >= 0.3 is 0 Å². The second-order valence-electron chi connectivity index (χ2n) is 6.86. The second kappa shape index (κ2) is 7.63. The Kier molecular flexibility index (Phi) is 5.02. The number of benzene rings is 2. The van der Waals surface area contributed by atoms with Gasteiger partial charge in [-0.2, -0.15) is 0 Å². The van der Waals surface area contributed by atoms with Gasteiger partial charge in [0.25, 0.3) is 15.9 Å². The summed E-state index contributed by atoms with van der Waals surface area (Å²) in [5.74, 6) is -0.221. The minimum absolute atomic E-state index is 0.0236. The Morgan fingerprint density at radius 3 is 2.45 bits per heavy atom. The van der Waals surface area contributed by atoms with Crippen LogP contribution < -0.4 is 9.62 Å². The number of anilines is 1. The second-order valence-corrected chi connectivity index (χ2v) is 8.54. The number of carbonyl (C=O) groups is 1. The third kappa shape index (κ3) is 3.97. The number of carbonyl (C=O) groups excluding carboxylic acids is 1. The Hall–Kier alpha value is -3.26. The van der Waals surface area contributed by atoms with Crippen LogP contribution in [0.25, 0.3) is 0 Å². The Morgan fingerprint density at radius 1 is 1.03 bits per heavy atom. The number of nitrogens with one attached hydrogen (secondary N) is 1. The molecule has 2 heterocycles. The molecule has 0 unspecified atom stereocenters. The third-order valence-electron chi connectivity index (χ3n) is 4.91. The lowest BCUT2D eigenvalue weighted by atomic mass is 10.0. The van der Waals surface area contributed by atoms with Crippen LogP contribution in [-0.4, -0.2) is 30.8 Å². The molecule has 1 N–H and O–H groups in total. The van der Waals surface area contributed by atoms with Crippen molar-refractivity contribution in [1.82, 2.24) is 14.7 Å². The van der Waals surface area contributed by atoms with Gasteiger partial charge in [0, 0.05) is 19.3 Å². The highest BCUT2D eigenvalue weighted by Gasteiger charge is 2.23. The van der Waals surface area contributed by atoms with Crippen molar-refractivity contribution in [1.29, 1.82) is 0 Å². The fourth-order valence-corrected chi connectivity index (χ4v) is 4.32. The van der Waals surface area contributed by atoms with Crippen molar-refractivity contribution in [3.8, 4) is 0 Å². The number of amides is 1. The average molecular weight is 408 g/mol. The Balaban J connectivity index is 1.53. The third-order valence-corrected chi connectivity index (χ3v) is 6.25. The van der Waals surface area contributed by atoms with Gasteiger partial charge in [-0.3, -0.25) is 4.79 Å². The summed E-state index contributed by atoms with van der Waals surface area (Å²) in [6.45, 7) is 3.15. The number of fused-ring (bicyclic) bond motifs is 1. The van der Waals surface area contributed by atoms with Crippen molar-refractivity contribution in [3.05, 3.63) is 83.2 Å². The molecule has 0 saturated heterocycles. The minimum atomic E-state index is -3.95. The van der Waals surface area contributed by atoms with Crippen molar-refractivity contribution < 1.29 is 13.2 Å². The Labute approximate surface area is 169 Å². The van der Waals surface area contributed by atoms with Crippen LogP contribution in [0.5, 0.6) is 0 Å². The molecular weight excluding hydrogens is 388 g/mol. The fraction of sp³-hybridized carbons (Fsp3) is 0.190. The summed E-state index contributed by atoms with van der Waals surface area (Å²) in [6.07, 6.45) is 2.28. The summed E-state index contributed by atoms with van der Waals surface area (Å²) < 4.78 is 26.8. The lowest BCUT2D eigenvalue weighted by molar-refractivity contribution is 0.0980.